The van der Waals surface area contributed by atoms with E-state index in [1.54, 1.807) is 36.2 Å². The van der Waals surface area contributed by atoms with E-state index in [1.165, 1.54) is 12.1 Å². The Bertz CT molecular complexity index is 1580. The molecule has 3 atom stereocenters. The number of rotatable bonds is 4. The van der Waals surface area contributed by atoms with Crippen LogP contribution in [0.5, 0.6) is 11.8 Å². The number of ether oxygens (including phenoxy) is 1. The first kappa shape index (κ1) is 19.5. The fourth-order valence-corrected chi connectivity index (χ4v) is 5.48. The van der Waals surface area contributed by atoms with Crippen molar-refractivity contribution >= 4 is 39.1 Å². The number of hydrogen-bond donors (Lipinski definition) is 3. The lowest BCUT2D eigenvalue weighted by Crippen LogP contribution is -2.41. The molecule has 2 bridgehead atoms. The van der Waals surface area contributed by atoms with Crippen molar-refractivity contribution in [3.8, 4) is 11.8 Å². The summed E-state index contributed by atoms with van der Waals surface area (Å²) in [5.41, 5.74) is 9.02. The van der Waals surface area contributed by atoms with E-state index in [1.807, 2.05) is 0 Å². The number of nitrogens with zero attached hydrogens (tertiary/aromatic N) is 6. The molecule has 10 nitrogen and oxygen atoms in total. The minimum Gasteiger partial charge on any atom is -0.421 e. The fraction of sp³-hybridized carbons (Fsp3) is 0.304. The molecule has 172 valence electrons. The molecule has 0 radical (unpaired) electrons. The van der Waals surface area contributed by atoms with Gasteiger partial charge in [0.05, 0.1) is 35.2 Å². The number of fused-ring (bicyclic) bond motifs is 6. The van der Waals surface area contributed by atoms with E-state index in [2.05, 4.69) is 30.3 Å². The normalized spacial score (nSPS) is 21.9. The van der Waals surface area contributed by atoms with Crippen LogP contribution in [0.2, 0.25) is 0 Å². The molecule has 4 N–H and O–H groups in total. The summed E-state index contributed by atoms with van der Waals surface area (Å²) in [4.78, 5) is 19.4. The van der Waals surface area contributed by atoms with Crippen LogP contribution in [-0.2, 0) is 0 Å². The number of benzene rings is 1. The van der Waals surface area contributed by atoms with Gasteiger partial charge in [0.2, 0.25) is 0 Å². The van der Waals surface area contributed by atoms with E-state index >= 15 is 0 Å². The average molecular weight is 459 g/mol. The molecule has 5 heterocycles. The van der Waals surface area contributed by atoms with E-state index in [0.29, 0.717) is 28.6 Å². The van der Waals surface area contributed by atoms with Gasteiger partial charge in [-0.2, -0.15) is 15.1 Å². The van der Waals surface area contributed by atoms with E-state index in [0.717, 1.165) is 41.5 Å². The van der Waals surface area contributed by atoms with Crippen molar-refractivity contribution in [1.82, 2.24) is 29.5 Å². The van der Waals surface area contributed by atoms with E-state index in [4.69, 9.17) is 15.5 Å². The van der Waals surface area contributed by atoms with Gasteiger partial charge in [-0.05, 0) is 30.9 Å². The lowest BCUT2D eigenvalue weighted by atomic mass is 10.0. The number of hydrogen-bond acceptors (Lipinski definition) is 8. The number of H-pyrrole nitrogens is 1. The second-order valence-corrected chi connectivity index (χ2v) is 9.03. The Kier molecular flexibility index (Phi) is 4.01. The SMILES string of the molecule is CNc1cc(F)cc2c1[nH]c1nc(Oc3cnc4ccnn4c3)nc(N3CC4CC3CC4N)c12. The third kappa shape index (κ3) is 2.83. The molecule has 1 saturated carbocycles. The third-order valence-electron chi connectivity index (χ3n) is 7.06. The summed E-state index contributed by atoms with van der Waals surface area (Å²) in [5.74, 6) is 1.28. The van der Waals surface area contributed by atoms with Crippen LogP contribution >= 0.6 is 0 Å². The molecule has 0 amide bonds. The van der Waals surface area contributed by atoms with Crippen molar-refractivity contribution in [2.45, 2.75) is 24.9 Å². The molecular formula is C23H22FN9O. The standard InChI is InChI=1S/C23H22FN9O/c1-26-17-6-12(24)5-15-19-21(29-20(15)17)30-23(34-14-8-27-18-2-3-28-33(18)10-14)31-22(19)32-9-11-4-13(32)7-16(11)25/h2-3,5-6,8,10-11,13,16,26H,4,7,9,25H2,1H3,(H,29,30,31). The van der Waals surface area contributed by atoms with Gasteiger partial charge in [0.1, 0.15) is 17.3 Å². The van der Waals surface area contributed by atoms with Crippen LogP contribution in [0, 0.1) is 11.7 Å². The number of nitrogens with one attached hydrogen (secondary N) is 2. The zero-order chi connectivity index (χ0) is 23.0. The molecule has 11 heteroatoms. The summed E-state index contributed by atoms with van der Waals surface area (Å²) in [6, 6.07) is 5.47. The molecule has 1 saturated heterocycles. The second kappa shape index (κ2) is 7.00. The molecular weight excluding hydrogens is 437 g/mol. The first-order valence-corrected chi connectivity index (χ1v) is 11.3. The van der Waals surface area contributed by atoms with Crippen molar-refractivity contribution in [1.29, 1.82) is 0 Å². The molecule has 1 aliphatic carbocycles. The predicted octanol–water partition coefficient (Wildman–Crippen LogP) is 3.05. The molecule has 7 rings (SSSR count). The molecule has 0 spiro atoms. The Hall–Kier alpha value is -3.99. The van der Waals surface area contributed by atoms with Gasteiger partial charge in [-0.1, -0.05) is 0 Å². The van der Waals surface area contributed by atoms with Gasteiger partial charge >= 0.3 is 6.01 Å². The van der Waals surface area contributed by atoms with Gasteiger partial charge in [0.15, 0.2) is 11.4 Å². The highest BCUT2D eigenvalue weighted by molar-refractivity contribution is 6.14. The Morgan fingerprint density at radius 3 is 2.97 bits per heavy atom. The largest absolute Gasteiger partial charge is 0.421 e. The minimum absolute atomic E-state index is 0.181. The number of aromatic nitrogens is 6. The zero-order valence-electron chi connectivity index (χ0n) is 18.4. The van der Waals surface area contributed by atoms with E-state index in [9.17, 15) is 4.39 Å². The van der Waals surface area contributed by atoms with E-state index in [-0.39, 0.29) is 23.9 Å². The third-order valence-corrected chi connectivity index (χ3v) is 7.06. The number of aromatic amines is 1. The minimum atomic E-state index is -0.326. The van der Waals surface area contributed by atoms with Crippen molar-refractivity contribution < 1.29 is 9.13 Å². The summed E-state index contributed by atoms with van der Waals surface area (Å²) < 4.78 is 22.2. The first-order valence-electron chi connectivity index (χ1n) is 11.3. The number of anilines is 2. The number of piperidine rings is 1. The maximum Gasteiger partial charge on any atom is 0.326 e. The highest BCUT2D eigenvalue weighted by Gasteiger charge is 2.44. The molecule has 1 aromatic carbocycles. The van der Waals surface area contributed by atoms with Gasteiger partial charge in [-0.3, -0.25) is 0 Å². The van der Waals surface area contributed by atoms with Crippen molar-refractivity contribution in [2.75, 3.05) is 23.8 Å². The highest BCUT2D eigenvalue weighted by Crippen LogP contribution is 2.44. The van der Waals surface area contributed by atoms with Crippen molar-refractivity contribution in [3.63, 3.8) is 0 Å². The van der Waals surface area contributed by atoms with Gasteiger partial charge in [0.25, 0.3) is 0 Å². The van der Waals surface area contributed by atoms with Crippen LogP contribution in [-0.4, -0.2) is 55.2 Å². The Morgan fingerprint density at radius 1 is 1.26 bits per heavy atom. The summed E-state index contributed by atoms with van der Waals surface area (Å²) in [7, 11) is 1.76. The Balaban J connectivity index is 1.41. The number of halogens is 1. The maximum atomic E-state index is 14.5. The smallest absolute Gasteiger partial charge is 0.326 e. The predicted molar refractivity (Wildman–Crippen MR) is 126 cm³/mol. The molecule has 2 aliphatic rings. The number of nitrogens with two attached hydrogens (primary N) is 1. The van der Waals surface area contributed by atoms with Crippen LogP contribution in [0.1, 0.15) is 12.8 Å². The molecule has 1 aliphatic heterocycles. The molecule has 2 fully saturated rings. The van der Waals surface area contributed by atoms with Crippen LogP contribution in [0.25, 0.3) is 27.6 Å². The maximum absolute atomic E-state index is 14.5. The topological polar surface area (TPSA) is 122 Å². The summed E-state index contributed by atoms with van der Waals surface area (Å²) >= 11 is 0. The van der Waals surface area contributed by atoms with Gasteiger partial charge < -0.3 is 25.7 Å². The summed E-state index contributed by atoms with van der Waals surface area (Å²) in [6.45, 7) is 0.805. The van der Waals surface area contributed by atoms with Crippen LogP contribution in [0.3, 0.4) is 0 Å². The Morgan fingerprint density at radius 2 is 2.18 bits per heavy atom. The van der Waals surface area contributed by atoms with Crippen molar-refractivity contribution in [2.24, 2.45) is 11.7 Å². The highest BCUT2D eigenvalue weighted by atomic mass is 19.1. The fourth-order valence-electron chi connectivity index (χ4n) is 5.48. The van der Waals surface area contributed by atoms with Gasteiger partial charge in [-0.15, -0.1) is 0 Å². The molecule has 34 heavy (non-hydrogen) atoms. The molecule has 4 aromatic heterocycles. The lowest BCUT2D eigenvalue weighted by molar-refractivity contribution is 0.435. The summed E-state index contributed by atoms with van der Waals surface area (Å²) in [5, 5.41) is 8.78. The molecule has 3 unspecified atom stereocenters. The first-order chi connectivity index (χ1) is 16.6. The van der Waals surface area contributed by atoms with Crippen LogP contribution in [0.4, 0.5) is 15.9 Å². The molecule has 5 aromatic rings. The monoisotopic (exact) mass is 459 g/mol. The van der Waals surface area contributed by atoms with E-state index < -0.39 is 0 Å². The average Bonchev–Trinajstić information content (AvgIpc) is 3.60. The summed E-state index contributed by atoms with van der Waals surface area (Å²) in [6.07, 6.45) is 6.95. The van der Waals surface area contributed by atoms with Gasteiger partial charge in [0, 0.05) is 37.1 Å². The Labute approximate surface area is 192 Å². The van der Waals surface area contributed by atoms with Gasteiger partial charge in [-0.25, -0.2) is 13.9 Å². The quantitative estimate of drug-likeness (QED) is 0.375. The zero-order valence-corrected chi connectivity index (χ0v) is 18.4. The van der Waals surface area contributed by atoms with Crippen molar-refractivity contribution in [3.05, 3.63) is 42.6 Å². The second-order valence-electron chi connectivity index (χ2n) is 9.03. The van der Waals surface area contributed by atoms with Crippen LogP contribution < -0.4 is 20.7 Å². The van der Waals surface area contributed by atoms with Crippen LogP contribution in [0.15, 0.2) is 36.8 Å². The lowest BCUT2D eigenvalue weighted by Gasteiger charge is -2.31.